The lowest BCUT2D eigenvalue weighted by atomic mass is 10.2. The van der Waals surface area contributed by atoms with E-state index < -0.39 is 0 Å². The summed E-state index contributed by atoms with van der Waals surface area (Å²) in [6.07, 6.45) is 5.84. The number of aromatic nitrogens is 2. The van der Waals surface area contributed by atoms with Gasteiger partial charge in [0, 0.05) is 25.3 Å². The van der Waals surface area contributed by atoms with Crippen molar-refractivity contribution in [1.29, 1.82) is 0 Å². The van der Waals surface area contributed by atoms with Gasteiger partial charge in [0.15, 0.2) is 0 Å². The van der Waals surface area contributed by atoms with Crippen molar-refractivity contribution in [2.75, 3.05) is 31.6 Å². The van der Waals surface area contributed by atoms with Crippen molar-refractivity contribution in [2.45, 2.75) is 39.3 Å². The van der Waals surface area contributed by atoms with Crippen molar-refractivity contribution in [3.63, 3.8) is 0 Å². The summed E-state index contributed by atoms with van der Waals surface area (Å²) in [5.74, 6) is 0.102. The topological polar surface area (TPSA) is 59.4 Å². The summed E-state index contributed by atoms with van der Waals surface area (Å²) in [4.78, 5) is 13.9. The summed E-state index contributed by atoms with van der Waals surface area (Å²) >= 11 is 0. The molecule has 6 heteroatoms. The molecule has 1 N–H and O–H groups in total. The van der Waals surface area contributed by atoms with E-state index in [9.17, 15) is 4.79 Å². The number of carbonyl (C=O) groups excluding carboxylic acids is 1. The minimum absolute atomic E-state index is 0.102. The predicted molar refractivity (Wildman–Crippen MR) is 77.6 cm³/mol. The number of amides is 1. The summed E-state index contributed by atoms with van der Waals surface area (Å²) in [6, 6.07) is 0.461. The molecular weight excluding hydrogens is 256 g/mol. The Kier molecular flexibility index (Phi) is 5.40. The highest BCUT2D eigenvalue weighted by molar-refractivity contribution is 5.76. The molecule has 1 aromatic heterocycles. The molecule has 0 spiro atoms. The molecule has 1 fully saturated rings. The predicted octanol–water partition coefficient (Wildman–Crippen LogP) is 1.34. The highest BCUT2D eigenvalue weighted by atomic mass is 16.5. The molecule has 1 aromatic rings. The van der Waals surface area contributed by atoms with Crippen LogP contribution in [0, 0.1) is 0 Å². The molecule has 0 atom stereocenters. The normalized spacial score (nSPS) is 15.7. The van der Waals surface area contributed by atoms with Crippen molar-refractivity contribution in [1.82, 2.24) is 14.7 Å². The number of morpholine rings is 1. The molecule has 0 saturated carbocycles. The van der Waals surface area contributed by atoms with E-state index in [0.717, 1.165) is 18.5 Å². The quantitative estimate of drug-likeness (QED) is 0.854. The van der Waals surface area contributed by atoms with E-state index in [1.165, 1.54) is 0 Å². The van der Waals surface area contributed by atoms with Crippen LogP contribution in [0.15, 0.2) is 12.4 Å². The number of rotatable bonds is 6. The van der Waals surface area contributed by atoms with E-state index in [4.69, 9.17) is 4.74 Å². The van der Waals surface area contributed by atoms with Crippen LogP contribution >= 0.6 is 0 Å². The Bertz CT molecular complexity index is 423. The molecule has 20 heavy (non-hydrogen) atoms. The Morgan fingerprint density at radius 1 is 1.40 bits per heavy atom. The smallest absolute Gasteiger partial charge is 0.244 e. The second-order valence-electron chi connectivity index (χ2n) is 5.08. The van der Waals surface area contributed by atoms with Crippen molar-refractivity contribution in [3.8, 4) is 0 Å². The third-order valence-corrected chi connectivity index (χ3v) is 3.65. The molecule has 0 radical (unpaired) electrons. The standard InChI is InChI=1S/C14H24N4O2/c1-3-12(4-2)16-13-9-15-18(10-13)11-14(19)17-5-7-20-8-6-17/h9-10,12,16H,3-8,11H2,1-2H3. The maximum atomic E-state index is 12.1. The van der Waals surface area contributed by atoms with Gasteiger partial charge in [0.05, 0.1) is 25.1 Å². The van der Waals surface area contributed by atoms with E-state index >= 15 is 0 Å². The maximum absolute atomic E-state index is 12.1. The zero-order chi connectivity index (χ0) is 14.4. The summed E-state index contributed by atoms with van der Waals surface area (Å²) in [6.45, 7) is 7.24. The molecule has 1 saturated heterocycles. The van der Waals surface area contributed by atoms with Gasteiger partial charge in [-0.25, -0.2) is 0 Å². The molecular formula is C14H24N4O2. The number of hydrogen-bond acceptors (Lipinski definition) is 4. The fourth-order valence-corrected chi connectivity index (χ4v) is 2.30. The largest absolute Gasteiger partial charge is 0.380 e. The van der Waals surface area contributed by atoms with Crippen LogP contribution in [0.2, 0.25) is 0 Å². The van der Waals surface area contributed by atoms with E-state index in [2.05, 4.69) is 24.3 Å². The zero-order valence-electron chi connectivity index (χ0n) is 12.3. The van der Waals surface area contributed by atoms with Gasteiger partial charge >= 0.3 is 0 Å². The van der Waals surface area contributed by atoms with Crippen LogP contribution in [0.4, 0.5) is 5.69 Å². The van der Waals surface area contributed by atoms with Gasteiger partial charge in [0.2, 0.25) is 5.91 Å². The van der Waals surface area contributed by atoms with Crippen LogP contribution in [0.1, 0.15) is 26.7 Å². The van der Waals surface area contributed by atoms with E-state index in [0.29, 0.717) is 38.9 Å². The molecule has 2 rings (SSSR count). The third kappa shape index (κ3) is 3.96. The molecule has 1 aliphatic rings. The van der Waals surface area contributed by atoms with Gasteiger partial charge in [0.1, 0.15) is 6.54 Å². The highest BCUT2D eigenvalue weighted by Crippen LogP contribution is 2.11. The van der Waals surface area contributed by atoms with Gasteiger partial charge < -0.3 is 15.0 Å². The molecule has 112 valence electrons. The first-order valence-electron chi connectivity index (χ1n) is 7.37. The Hall–Kier alpha value is -1.56. The lowest BCUT2D eigenvalue weighted by Gasteiger charge is -2.26. The summed E-state index contributed by atoms with van der Waals surface area (Å²) in [5, 5.41) is 7.67. The first-order valence-corrected chi connectivity index (χ1v) is 7.37. The average Bonchev–Trinajstić information content (AvgIpc) is 2.92. The highest BCUT2D eigenvalue weighted by Gasteiger charge is 2.17. The van der Waals surface area contributed by atoms with Crippen molar-refractivity contribution in [3.05, 3.63) is 12.4 Å². The molecule has 2 heterocycles. The Balaban J connectivity index is 1.87. The van der Waals surface area contributed by atoms with Gasteiger partial charge in [-0.3, -0.25) is 9.48 Å². The number of nitrogens with zero attached hydrogens (tertiary/aromatic N) is 3. The van der Waals surface area contributed by atoms with E-state index in [-0.39, 0.29) is 5.91 Å². The van der Waals surface area contributed by atoms with Crippen LogP contribution < -0.4 is 5.32 Å². The Morgan fingerprint density at radius 3 is 2.75 bits per heavy atom. The monoisotopic (exact) mass is 280 g/mol. The number of ether oxygens (including phenoxy) is 1. The van der Waals surface area contributed by atoms with Crippen LogP contribution in [-0.4, -0.2) is 52.9 Å². The number of anilines is 1. The van der Waals surface area contributed by atoms with Gasteiger partial charge in [-0.15, -0.1) is 0 Å². The zero-order valence-corrected chi connectivity index (χ0v) is 12.3. The van der Waals surface area contributed by atoms with Crippen molar-refractivity contribution < 1.29 is 9.53 Å². The molecule has 1 amide bonds. The number of nitrogens with one attached hydrogen (secondary N) is 1. The van der Waals surface area contributed by atoms with Gasteiger partial charge in [-0.2, -0.15) is 5.10 Å². The van der Waals surface area contributed by atoms with Crippen LogP contribution in [0.25, 0.3) is 0 Å². The molecule has 0 aromatic carbocycles. The van der Waals surface area contributed by atoms with Crippen LogP contribution in [0.5, 0.6) is 0 Å². The third-order valence-electron chi connectivity index (χ3n) is 3.65. The fourth-order valence-electron chi connectivity index (χ4n) is 2.30. The lowest BCUT2D eigenvalue weighted by Crippen LogP contribution is -2.42. The maximum Gasteiger partial charge on any atom is 0.244 e. The first kappa shape index (κ1) is 14.8. The van der Waals surface area contributed by atoms with Crippen LogP contribution in [-0.2, 0) is 16.1 Å². The Morgan fingerprint density at radius 2 is 2.10 bits per heavy atom. The first-order chi connectivity index (χ1) is 9.72. The van der Waals surface area contributed by atoms with Crippen molar-refractivity contribution in [2.24, 2.45) is 0 Å². The number of hydrogen-bond donors (Lipinski definition) is 1. The molecule has 0 unspecified atom stereocenters. The van der Waals surface area contributed by atoms with E-state index in [1.807, 2.05) is 11.1 Å². The molecule has 1 aliphatic heterocycles. The summed E-state index contributed by atoms with van der Waals surface area (Å²) < 4.78 is 6.94. The summed E-state index contributed by atoms with van der Waals surface area (Å²) in [5.41, 5.74) is 0.980. The van der Waals surface area contributed by atoms with Gasteiger partial charge in [-0.05, 0) is 12.8 Å². The summed E-state index contributed by atoms with van der Waals surface area (Å²) in [7, 11) is 0. The second-order valence-corrected chi connectivity index (χ2v) is 5.08. The SMILES string of the molecule is CCC(CC)Nc1cnn(CC(=O)N2CCOCC2)c1. The average molecular weight is 280 g/mol. The Labute approximate surface area is 120 Å². The minimum atomic E-state index is 0.102. The van der Waals surface area contributed by atoms with Gasteiger partial charge in [-0.1, -0.05) is 13.8 Å². The van der Waals surface area contributed by atoms with E-state index in [1.54, 1.807) is 10.9 Å². The van der Waals surface area contributed by atoms with Gasteiger partial charge in [0.25, 0.3) is 0 Å². The second kappa shape index (κ2) is 7.28. The molecule has 6 nitrogen and oxygen atoms in total. The van der Waals surface area contributed by atoms with Crippen molar-refractivity contribution >= 4 is 11.6 Å². The lowest BCUT2D eigenvalue weighted by molar-refractivity contribution is -0.136. The van der Waals surface area contributed by atoms with Crippen LogP contribution in [0.3, 0.4) is 0 Å². The molecule has 0 aliphatic carbocycles. The molecule has 0 bridgehead atoms. The number of carbonyl (C=O) groups is 1. The minimum Gasteiger partial charge on any atom is -0.380 e. The fraction of sp³-hybridized carbons (Fsp3) is 0.714.